The van der Waals surface area contributed by atoms with Gasteiger partial charge in [0.05, 0.1) is 0 Å². The van der Waals surface area contributed by atoms with Gasteiger partial charge >= 0.3 is 0 Å². The fourth-order valence-electron chi connectivity index (χ4n) is 4.43. The molecule has 1 nitrogen and oxygen atoms in total. The summed E-state index contributed by atoms with van der Waals surface area (Å²) in [7, 11) is 0. The van der Waals surface area contributed by atoms with Gasteiger partial charge in [0, 0.05) is 11.4 Å². The molecule has 2 aliphatic rings. The minimum atomic E-state index is 0.779. The minimum absolute atomic E-state index is 0.779. The zero-order valence-corrected chi connectivity index (χ0v) is 13.9. The molecule has 23 heavy (non-hydrogen) atoms. The number of hydrogen-bond donors (Lipinski definition) is 1. The van der Waals surface area contributed by atoms with Crippen molar-refractivity contribution in [2.24, 2.45) is 0 Å². The normalized spacial score (nSPS) is 19.3. The first-order valence-electron chi connectivity index (χ1n) is 9.35. The molecule has 2 fully saturated rings. The van der Waals surface area contributed by atoms with E-state index < -0.39 is 0 Å². The predicted octanol–water partition coefficient (Wildman–Crippen LogP) is 6.75. The molecule has 0 unspecified atom stereocenters. The van der Waals surface area contributed by atoms with Crippen molar-refractivity contribution in [3.8, 4) is 0 Å². The second kappa shape index (κ2) is 6.78. The molecule has 0 bridgehead atoms. The monoisotopic (exact) mass is 305 g/mol. The summed E-state index contributed by atoms with van der Waals surface area (Å²) in [5.41, 5.74) is 5.50. The van der Waals surface area contributed by atoms with E-state index in [1.54, 1.807) is 0 Å². The Morgan fingerprint density at radius 3 is 1.48 bits per heavy atom. The van der Waals surface area contributed by atoms with Crippen LogP contribution >= 0.6 is 0 Å². The number of anilines is 2. The second-order valence-corrected chi connectivity index (χ2v) is 7.34. The van der Waals surface area contributed by atoms with Crippen LogP contribution in [0, 0.1) is 0 Å². The van der Waals surface area contributed by atoms with Crippen LogP contribution in [0.3, 0.4) is 0 Å². The summed E-state index contributed by atoms with van der Waals surface area (Å²) in [4.78, 5) is 0. The first kappa shape index (κ1) is 14.8. The molecule has 1 heteroatoms. The molecular weight excluding hydrogens is 278 g/mol. The Morgan fingerprint density at radius 2 is 1.04 bits per heavy atom. The van der Waals surface area contributed by atoms with Gasteiger partial charge in [0.15, 0.2) is 0 Å². The molecule has 120 valence electrons. The number of hydrogen-bond acceptors (Lipinski definition) is 1. The van der Waals surface area contributed by atoms with Gasteiger partial charge in [0.2, 0.25) is 0 Å². The highest BCUT2D eigenvalue weighted by Crippen LogP contribution is 2.37. The van der Waals surface area contributed by atoms with Crippen LogP contribution in [-0.4, -0.2) is 0 Å². The van der Waals surface area contributed by atoms with E-state index in [1.165, 1.54) is 73.9 Å². The van der Waals surface area contributed by atoms with Crippen molar-refractivity contribution in [3.05, 3.63) is 59.7 Å². The van der Waals surface area contributed by atoms with E-state index in [1.807, 2.05) is 0 Å². The third kappa shape index (κ3) is 3.44. The van der Waals surface area contributed by atoms with E-state index >= 15 is 0 Å². The molecular formula is C22H27N. The Labute approximate surface area is 140 Å². The van der Waals surface area contributed by atoms with Crippen molar-refractivity contribution in [1.82, 2.24) is 0 Å². The quantitative estimate of drug-likeness (QED) is 0.659. The zero-order valence-electron chi connectivity index (χ0n) is 13.9. The largest absolute Gasteiger partial charge is 0.356 e. The zero-order chi connectivity index (χ0) is 15.5. The van der Waals surface area contributed by atoms with E-state index in [9.17, 15) is 0 Å². The van der Waals surface area contributed by atoms with E-state index in [4.69, 9.17) is 0 Å². The van der Waals surface area contributed by atoms with Crippen LogP contribution in [0.2, 0.25) is 0 Å². The van der Waals surface area contributed by atoms with Crippen LogP contribution in [0.1, 0.15) is 74.3 Å². The predicted molar refractivity (Wildman–Crippen MR) is 98.6 cm³/mol. The maximum atomic E-state index is 3.63. The third-order valence-electron chi connectivity index (χ3n) is 5.72. The molecule has 2 aromatic rings. The topological polar surface area (TPSA) is 12.0 Å². The SMILES string of the molecule is c1cc(Nc2cccc(C3CCCC3)c2)cc(C2CCCC2)c1. The van der Waals surface area contributed by atoms with Crippen LogP contribution in [0.4, 0.5) is 11.4 Å². The van der Waals surface area contributed by atoms with Gasteiger partial charge in [-0.15, -0.1) is 0 Å². The highest BCUT2D eigenvalue weighted by Gasteiger charge is 2.18. The summed E-state index contributed by atoms with van der Waals surface area (Å²) in [5, 5.41) is 3.63. The lowest BCUT2D eigenvalue weighted by Gasteiger charge is -2.15. The summed E-state index contributed by atoms with van der Waals surface area (Å²) < 4.78 is 0. The molecule has 4 rings (SSSR count). The van der Waals surface area contributed by atoms with Crippen molar-refractivity contribution in [2.75, 3.05) is 5.32 Å². The van der Waals surface area contributed by atoms with Crippen LogP contribution < -0.4 is 5.32 Å². The lowest BCUT2D eigenvalue weighted by atomic mass is 9.96. The summed E-state index contributed by atoms with van der Waals surface area (Å²) in [6.45, 7) is 0. The number of rotatable bonds is 4. The second-order valence-electron chi connectivity index (χ2n) is 7.34. The summed E-state index contributed by atoms with van der Waals surface area (Å²) >= 11 is 0. The smallest absolute Gasteiger partial charge is 0.0387 e. The lowest BCUT2D eigenvalue weighted by molar-refractivity contribution is 0.723. The molecule has 0 saturated heterocycles. The Hall–Kier alpha value is -1.76. The molecule has 0 spiro atoms. The van der Waals surface area contributed by atoms with Crippen LogP contribution in [0.15, 0.2) is 48.5 Å². The third-order valence-corrected chi connectivity index (χ3v) is 5.72. The Morgan fingerprint density at radius 1 is 0.609 bits per heavy atom. The fraction of sp³-hybridized carbons (Fsp3) is 0.455. The molecule has 0 atom stereocenters. The van der Waals surface area contributed by atoms with Gasteiger partial charge in [-0.3, -0.25) is 0 Å². The highest BCUT2D eigenvalue weighted by molar-refractivity contribution is 5.61. The molecule has 2 saturated carbocycles. The standard InChI is InChI=1S/C22H27N/c1-2-8-17(7-1)19-11-5-13-21(15-19)23-22-14-6-12-20(16-22)18-9-3-4-10-18/h5-6,11-18,23H,1-4,7-10H2. The molecule has 2 aliphatic carbocycles. The molecule has 0 heterocycles. The average molecular weight is 305 g/mol. The van der Waals surface area contributed by atoms with Gasteiger partial charge in [0.1, 0.15) is 0 Å². The van der Waals surface area contributed by atoms with E-state index in [0.717, 1.165) is 11.8 Å². The van der Waals surface area contributed by atoms with Gasteiger partial charge in [0.25, 0.3) is 0 Å². The Bertz CT molecular complexity index is 591. The first-order chi connectivity index (χ1) is 11.4. The number of nitrogens with one attached hydrogen (secondary N) is 1. The van der Waals surface area contributed by atoms with Crippen molar-refractivity contribution in [3.63, 3.8) is 0 Å². The minimum Gasteiger partial charge on any atom is -0.356 e. The van der Waals surface area contributed by atoms with E-state index in [0.29, 0.717) is 0 Å². The first-order valence-corrected chi connectivity index (χ1v) is 9.35. The lowest BCUT2D eigenvalue weighted by Crippen LogP contribution is -1.97. The van der Waals surface area contributed by atoms with Crippen LogP contribution in [-0.2, 0) is 0 Å². The Balaban J connectivity index is 1.51. The van der Waals surface area contributed by atoms with Crippen LogP contribution in [0.5, 0.6) is 0 Å². The van der Waals surface area contributed by atoms with Crippen LogP contribution in [0.25, 0.3) is 0 Å². The van der Waals surface area contributed by atoms with E-state index in [2.05, 4.69) is 53.8 Å². The van der Waals surface area contributed by atoms with Crippen molar-refractivity contribution in [1.29, 1.82) is 0 Å². The van der Waals surface area contributed by atoms with Crippen molar-refractivity contribution >= 4 is 11.4 Å². The summed E-state index contributed by atoms with van der Waals surface area (Å²) in [5.74, 6) is 1.56. The maximum absolute atomic E-state index is 3.63. The van der Waals surface area contributed by atoms with Gasteiger partial charge < -0.3 is 5.32 Å². The molecule has 2 aromatic carbocycles. The molecule has 0 aliphatic heterocycles. The Kier molecular flexibility index (Phi) is 4.37. The summed E-state index contributed by atoms with van der Waals surface area (Å²) in [6.07, 6.45) is 11.0. The molecule has 0 radical (unpaired) electrons. The molecule has 0 aromatic heterocycles. The van der Waals surface area contributed by atoms with E-state index in [-0.39, 0.29) is 0 Å². The van der Waals surface area contributed by atoms with Gasteiger partial charge in [-0.2, -0.15) is 0 Å². The van der Waals surface area contributed by atoms with Crippen molar-refractivity contribution in [2.45, 2.75) is 63.2 Å². The maximum Gasteiger partial charge on any atom is 0.0387 e. The fourth-order valence-corrected chi connectivity index (χ4v) is 4.43. The van der Waals surface area contributed by atoms with Gasteiger partial charge in [-0.25, -0.2) is 0 Å². The van der Waals surface area contributed by atoms with Gasteiger partial charge in [-0.1, -0.05) is 49.9 Å². The highest BCUT2D eigenvalue weighted by atomic mass is 14.9. The van der Waals surface area contributed by atoms with Gasteiger partial charge in [-0.05, 0) is 72.9 Å². The molecule has 0 amide bonds. The van der Waals surface area contributed by atoms with Crippen molar-refractivity contribution < 1.29 is 0 Å². The molecule has 1 N–H and O–H groups in total. The average Bonchev–Trinajstić information content (AvgIpc) is 3.29. The summed E-state index contributed by atoms with van der Waals surface area (Å²) in [6, 6.07) is 18.1. The number of benzene rings is 2.